The summed E-state index contributed by atoms with van der Waals surface area (Å²) in [7, 11) is 0. The quantitative estimate of drug-likeness (QED) is 0.492. The van der Waals surface area contributed by atoms with Gasteiger partial charge in [-0.2, -0.15) is 0 Å². The molecule has 1 radical (unpaired) electrons. The topological polar surface area (TPSA) is 20.2 Å². The van der Waals surface area contributed by atoms with Crippen molar-refractivity contribution >= 4 is 0 Å². The summed E-state index contributed by atoms with van der Waals surface area (Å²) in [6.45, 7) is 0.108. The molecule has 1 saturated carbocycles. The smallest absolute Gasteiger partial charge is 0.0597 e. The van der Waals surface area contributed by atoms with Crippen LogP contribution in [0.5, 0.6) is 0 Å². The third kappa shape index (κ3) is 0.617. The van der Waals surface area contributed by atoms with E-state index >= 15 is 0 Å². The van der Waals surface area contributed by atoms with E-state index in [0.29, 0.717) is 0 Å². The number of rotatable bonds is 1. The van der Waals surface area contributed by atoms with Crippen LogP contribution in [0.15, 0.2) is 0 Å². The number of hydrogen-bond acceptors (Lipinski definition) is 1. The maximum Gasteiger partial charge on any atom is 0.0597 e. The molecular formula is C7H9O. The van der Waals surface area contributed by atoms with Gasteiger partial charge in [0.15, 0.2) is 0 Å². The highest BCUT2D eigenvalue weighted by Crippen LogP contribution is 2.39. The predicted molar refractivity (Wildman–Crippen MR) is 30.5 cm³/mol. The minimum absolute atomic E-state index is 0.108. The number of aliphatic hydroxyl groups excluding tert-OH is 1. The van der Waals surface area contributed by atoms with Crippen molar-refractivity contribution in [3.63, 3.8) is 0 Å². The summed E-state index contributed by atoms with van der Waals surface area (Å²) in [5.41, 5.74) is -0.222. The molecule has 0 aromatic carbocycles. The Bertz CT molecular complexity index is 111. The minimum atomic E-state index is -0.222. The molecule has 0 aromatic rings. The van der Waals surface area contributed by atoms with E-state index in [4.69, 9.17) is 11.5 Å². The molecule has 0 unspecified atom stereocenters. The molecule has 1 heteroatoms. The maximum atomic E-state index is 8.65. The third-order valence-corrected chi connectivity index (χ3v) is 1.88. The molecule has 0 amide bonds. The van der Waals surface area contributed by atoms with Gasteiger partial charge in [0.05, 0.1) is 12.0 Å². The van der Waals surface area contributed by atoms with E-state index in [1.165, 1.54) is 0 Å². The molecule has 1 rings (SSSR count). The Labute approximate surface area is 49.7 Å². The van der Waals surface area contributed by atoms with Crippen molar-refractivity contribution in [3.05, 3.63) is 6.42 Å². The first-order valence-electron chi connectivity index (χ1n) is 2.88. The normalized spacial score (nSPS) is 23.5. The molecule has 0 atom stereocenters. The molecular weight excluding hydrogens is 100 g/mol. The molecule has 1 nitrogen and oxygen atoms in total. The Hall–Kier alpha value is -0.480. The van der Waals surface area contributed by atoms with E-state index in [9.17, 15) is 0 Å². The summed E-state index contributed by atoms with van der Waals surface area (Å²) in [5.74, 6) is 2.36. The third-order valence-electron chi connectivity index (χ3n) is 1.88. The number of aliphatic hydroxyl groups is 1. The van der Waals surface area contributed by atoms with Crippen LogP contribution in [-0.4, -0.2) is 11.7 Å². The molecule has 0 heterocycles. The van der Waals surface area contributed by atoms with Gasteiger partial charge in [0.2, 0.25) is 0 Å². The van der Waals surface area contributed by atoms with Crippen LogP contribution < -0.4 is 0 Å². The van der Waals surface area contributed by atoms with Crippen molar-refractivity contribution in [2.45, 2.75) is 19.3 Å². The van der Waals surface area contributed by atoms with Crippen LogP contribution in [0.2, 0.25) is 0 Å². The fraction of sp³-hybridized carbons (Fsp3) is 0.714. The summed E-state index contributed by atoms with van der Waals surface area (Å²) in [5, 5.41) is 8.65. The molecule has 43 valence electrons. The zero-order valence-corrected chi connectivity index (χ0v) is 4.78. The Morgan fingerprint density at radius 1 is 1.62 bits per heavy atom. The lowest BCUT2D eigenvalue weighted by Gasteiger charge is -2.34. The molecule has 1 aliphatic rings. The average Bonchev–Trinajstić information content (AvgIpc) is 1.67. The van der Waals surface area contributed by atoms with E-state index in [-0.39, 0.29) is 12.0 Å². The molecule has 0 saturated heterocycles. The number of hydrogen-bond donors (Lipinski definition) is 1. The van der Waals surface area contributed by atoms with Gasteiger partial charge in [-0.15, -0.1) is 0 Å². The first-order chi connectivity index (χ1) is 3.83. The summed E-state index contributed by atoms with van der Waals surface area (Å²) >= 11 is 0. The second-order valence-corrected chi connectivity index (χ2v) is 2.42. The van der Waals surface area contributed by atoms with Crippen LogP contribution in [0.3, 0.4) is 0 Å². The molecule has 1 N–H and O–H groups in total. The Balaban J connectivity index is 2.49. The molecule has 0 bridgehead atoms. The molecule has 1 aliphatic carbocycles. The van der Waals surface area contributed by atoms with Crippen LogP contribution in [0, 0.1) is 17.8 Å². The first-order valence-corrected chi connectivity index (χ1v) is 2.88. The first kappa shape index (κ1) is 5.65. The van der Waals surface area contributed by atoms with E-state index in [2.05, 4.69) is 5.92 Å². The second kappa shape index (κ2) is 1.80. The Morgan fingerprint density at radius 3 is 2.25 bits per heavy atom. The van der Waals surface area contributed by atoms with Gasteiger partial charge in [0, 0.05) is 0 Å². The fourth-order valence-electron chi connectivity index (χ4n) is 0.926. The van der Waals surface area contributed by atoms with Gasteiger partial charge in [0.1, 0.15) is 0 Å². The van der Waals surface area contributed by atoms with E-state index < -0.39 is 0 Å². The minimum Gasteiger partial charge on any atom is -0.395 e. The van der Waals surface area contributed by atoms with Crippen molar-refractivity contribution in [2.24, 2.45) is 5.41 Å². The fourth-order valence-corrected chi connectivity index (χ4v) is 0.926. The highest BCUT2D eigenvalue weighted by atomic mass is 16.3. The van der Waals surface area contributed by atoms with Gasteiger partial charge in [-0.05, 0) is 19.3 Å². The largest absolute Gasteiger partial charge is 0.395 e. The lowest BCUT2D eigenvalue weighted by molar-refractivity contribution is 0.101. The average molecular weight is 109 g/mol. The van der Waals surface area contributed by atoms with Crippen LogP contribution in [0.1, 0.15) is 19.3 Å². The monoisotopic (exact) mass is 109 g/mol. The van der Waals surface area contributed by atoms with Gasteiger partial charge in [0.25, 0.3) is 0 Å². The van der Waals surface area contributed by atoms with Crippen LogP contribution in [0.25, 0.3) is 0 Å². The van der Waals surface area contributed by atoms with Crippen molar-refractivity contribution < 1.29 is 5.11 Å². The summed E-state index contributed by atoms with van der Waals surface area (Å²) in [6.07, 6.45) is 9.85. The molecule has 1 fully saturated rings. The Kier molecular flexibility index (Phi) is 1.27. The zero-order valence-electron chi connectivity index (χ0n) is 4.78. The van der Waals surface area contributed by atoms with Gasteiger partial charge >= 0.3 is 0 Å². The highest BCUT2D eigenvalue weighted by Gasteiger charge is 2.33. The van der Waals surface area contributed by atoms with Crippen molar-refractivity contribution in [1.82, 2.24) is 0 Å². The SMILES string of the molecule is [C]#CC1(CO)CCC1. The lowest BCUT2D eigenvalue weighted by Crippen LogP contribution is -2.31. The van der Waals surface area contributed by atoms with E-state index in [0.717, 1.165) is 19.3 Å². The van der Waals surface area contributed by atoms with E-state index in [1.807, 2.05) is 0 Å². The van der Waals surface area contributed by atoms with Crippen molar-refractivity contribution in [1.29, 1.82) is 0 Å². The van der Waals surface area contributed by atoms with Crippen LogP contribution in [-0.2, 0) is 0 Å². The standard InChI is InChI=1S/C7H9O/c1-2-7(6-8)4-3-5-7/h8H,3-6H2. The zero-order chi connectivity index (χ0) is 6.04. The van der Waals surface area contributed by atoms with Crippen LogP contribution >= 0.6 is 0 Å². The summed E-state index contributed by atoms with van der Waals surface area (Å²) in [6, 6.07) is 0. The summed E-state index contributed by atoms with van der Waals surface area (Å²) in [4.78, 5) is 0. The molecule has 0 aliphatic heterocycles. The molecule has 8 heavy (non-hydrogen) atoms. The van der Waals surface area contributed by atoms with E-state index in [1.54, 1.807) is 0 Å². The van der Waals surface area contributed by atoms with Gasteiger partial charge in [-0.1, -0.05) is 12.3 Å². The molecule has 0 spiro atoms. The van der Waals surface area contributed by atoms with Crippen LogP contribution in [0.4, 0.5) is 0 Å². The Morgan fingerprint density at radius 2 is 2.25 bits per heavy atom. The van der Waals surface area contributed by atoms with Gasteiger partial charge in [-0.25, -0.2) is 0 Å². The predicted octanol–water partition coefficient (Wildman–Crippen LogP) is 0.739. The maximum absolute atomic E-state index is 8.65. The van der Waals surface area contributed by atoms with Gasteiger partial charge in [-0.3, -0.25) is 0 Å². The van der Waals surface area contributed by atoms with Gasteiger partial charge < -0.3 is 5.11 Å². The second-order valence-electron chi connectivity index (χ2n) is 2.42. The lowest BCUT2D eigenvalue weighted by atomic mass is 9.70. The van der Waals surface area contributed by atoms with Crippen molar-refractivity contribution in [2.75, 3.05) is 6.61 Å². The molecule has 0 aromatic heterocycles. The highest BCUT2D eigenvalue weighted by molar-refractivity contribution is 5.06. The van der Waals surface area contributed by atoms with Crippen molar-refractivity contribution in [3.8, 4) is 5.92 Å². The summed E-state index contributed by atoms with van der Waals surface area (Å²) < 4.78 is 0.